The topological polar surface area (TPSA) is 63.7 Å². The van der Waals surface area contributed by atoms with Crippen LogP contribution in [0.25, 0.3) is 0 Å². The quantitative estimate of drug-likeness (QED) is 0.765. The van der Waals surface area contributed by atoms with Crippen LogP contribution < -0.4 is 0 Å². The van der Waals surface area contributed by atoms with Crippen LogP contribution in [0.5, 0.6) is 0 Å². The number of hydrogen-bond acceptors (Lipinski definition) is 5. The average molecular weight is 420 g/mol. The smallest absolute Gasteiger partial charge is 0.241 e. The summed E-state index contributed by atoms with van der Waals surface area (Å²) in [4.78, 5) is 16.1. The van der Waals surface area contributed by atoms with Crippen molar-refractivity contribution < 1.29 is 17.9 Å². The molecule has 0 aliphatic carbocycles. The first kappa shape index (κ1) is 19.6. The molecule has 3 heterocycles. The van der Waals surface area contributed by atoms with Gasteiger partial charge in [0.05, 0.1) is 6.61 Å². The number of fused-ring (bicyclic) bond motifs is 2. The molecule has 7 heteroatoms. The highest BCUT2D eigenvalue weighted by Gasteiger charge is 2.44. The van der Waals surface area contributed by atoms with Crippen LogP contribution in [0.4, 0.5) is 0 Å². The fourth-order valence-corrected chi connectivity index (χ4v) is 6.45. The summed E-state index contributed by atoms with van der Waals surface area (Å²) in [7, 11) is -3.51. The van der Waals surface area contributed by atoms with E-state index < -0.39 is 15.1 Å². The second-order valence-corrected chi connectivity index (χ2v) is 10.8. The Morgan fingerprint density at radius 2 is 1.93 bits per heavy atom. The molecule has 28 heavy (non-hydrogen) atoms. The van der Waals surface area contributed by atoms with Crippen LogP contribution in [0, 0.1) is 0 Å². The van der Waals surface area contributed by atoms with E-state index in [1.807, 2.05) is 30.3 Å². The number of carbonyl (C=O) groups is 1. The van der Waals surface area contributed by atoms with Crippen LogP contribution in [0.3, 0.4) is 0 Å². The van der Waals surface area contributed by atoms with E-state index in [4.69, 9.17) is 4.74 Å². The van der Waals surface area contributed by atoms with Crippen molar-refractivity contribution in [3.05, 3.63) is 57.8 Å². The Bertz CT molecular complexity index is 944. The Balaban J connectivity index is 1.50. The lowest BCUT2D eigenvalue weighted by Gasteiger charge is -2.44. The molecule has 1 atom stereocenters. The molecule has 1 aromatic heterocycles. The normalized spacial score (nSPS) is 20.0. The van der Waals surface area contributed by atoms with Crippen LogP contribution in [0.1, 0.15) is 28.8 Å². The second kappa shape index (κ2) is 7.61. The number of nitrogens with zero attached hydrogens (tertiary/aromatic N) is 1. The Labute approximate surface area is 170 Å². The summed E-state index contributed by atoms with van der Waals surface area (Å²) in [5.41, 5.74) is 1.91. The van der Waals surface area contributed by atoms with E-state index in [1.165, 1.54) is 10.4 Å². The number of benzene rings is 1. The molecule has 0 radical (unpaired) electrons. The number of hydrogen-bond donors (Lipinski definition) is 0. The van der Waals surface area contributed by atoms with Gasteiger partial charge in [0, 0.05) is 24.2 Å². The lowest BCUT2D eigenvalue weighted by atomic mass is 9.85. The van der Waals surface area contributed by atoms with E-state index in [-0.39, 0.29) is 17.9 Å². The van der Waals surface area contributed by atoms with E-state index in [1.54, 1.807) is 16.2 Å². The number of thiophene rings is 1. The van der Waals surface area contributed by atoms with Gasteiger partial charge in [-0.15, -0.1) is 11.3 Å². The number of rotatable bonds is 4. The summed E-state index contributed by atoms with van der Waals surface area (Å²) in [6, 6.07) is 11.5. The molecule has 5 nitrogen and oxygen atoms in total. The second-order valence-electron chi connectivity index (χ2n) is 7.70. The molecule has 0 saturated carbocycles. The molecule has 4 rings (SSSR count). The van der Waals surface area contributed by atoms with Gasteiger partial charge in [0.15, 0.2) is 9.84 Å². The van der Waals surface area contributed by atoms with Crippen LogP contribution in [0.15, 0.2) is 41.8 Å². The minimum Gasteiger partial charge on any atom is -0.369 e. The summed E-state index contributed by atoms with van der Waals surface area (Å²) in [6.45, 7) is 1.76. The van der Waals surface area contributed by atoms with Crippen molar-refractivity contribution in [2.75, 3.05) is 26.0 Å². The Kier molecular flexibility index (Phi) is 5.33. The number of likely N-dealkylation sites (tertiary alicyclic amines) is 1. The van der Waals surface area contributed by atoms with Crippen molar-refractivity contribution in [2.45, 2.75) is 36.5 Å². The highest BCUT2D eigenvalue weighted by molar-refractivity contribution is 7.92. The molecular weight excluding hydrogens is 394 g/mol. The van der Waals surface area contributed by atoms with Crippen molar-refractivity contribution in [1.29, 1.82) is 0 Å². The molecule has 1 saturated heterocycles. The first-order valence-corrected chi connectivity index (χ1v) is 12.4. The molecule has 150 valence electrons. The van der Waals surface area contributed by atoms with Gasteiger partial charge in [-0.05, 0) is 48.3 Å². The van der Waals surface area contributed by atoms with Crippen LogP contribution in [-0.2, 0) is 37.8 Å². The summed E-state index contributed by atoms with van der Waals surface area (Å²) < 4.78 is 30.9. The molecule has 1 unspecified atom stereocenters. The van der Waals surface area contributed by atoms with Crippen molar-refractivity contribution in [3.8, 4) is 0 Å². The predicted molar refractivity (Wildman–Crippen MR) is 110 cm³/mol. The third-order valence-electron chi connectivity index (χ3n) is 5.85. The lowest BCUT2D eigenvalue weighted by molar-refractivity contribution is -0.139. The Morgan fingerprint density at radius 3 is 2.61 bits per heavy atom. The van der Waals surface area contributed by atoms with Crippen molar-refractivity contribution >= 4 is 27.1 Å². The summed E-state index contributed by atoms with van der Waals surface area (Å²) in [5.74, 6) is -0.289. The Hall–Kier alpha value is -1.70. The van der Waals surface area contributed by atoms with E-state index >= 15 is 0 Å². The summed E-state index contributed by atoms with van der Waals surface area (Å²) in [5, 5.41) is 1.08. The van der Waals surface area contributed by atoms with Gasteiger partial charge >= 0.3 is 0 Å². The third-order valence-corrected chi connectivity index (χ3v) is 8.39. The molecule has 0 bridgehead atoms. The number of ether oxygens (including phenoxy) is 1. The van der Waals surface area contributed by atoms with E-state index in [0.717, 1.165) is 18.2 Å². The number of carbonyl (C=O) groups excluding carboxylic acids is 1. The largest absolute Gasteiger partial charge is 0.369 e. The summed E-state index contributed by atoms with van der Waals surface area (Å²) in [6.07, 6.45) is 3.75. The zero-order valence-electron chi connectivity index (χ0n) is 16.0. The van der Waals surface area contributed by atoms with Crippen molar-refractivity contribution in [3.63, 3.8) is 0 Å². The predicted octanol–water partition coefficient (Wildman–Crippen LogP) is 2.79. The van der Waals surface area contributed by atoms with Gasteiger partial charge in [-0.3, -0.25) is 4.79 Å². The molecule has 2 aliphatic rings. The minimum absolute atomic E-state index is 0.214. The van der Waals surface area contributed by atoms with Gasteiger partial charge in [0.2, 0.25) is 5.91 Å². The van der Waals surface area contributed by atoms with E-state index in [0.29, 0.717) is 32.5 Å². The monoisotopic (exact) mass is 419 g/mol. The van der Waals surface area contributed by atoms with Crippen molar-refractivity contribution in [2.24, 2.45) is 0 Å². The zero-order valence-corrected chi connectivity index (χ0v) is 17.6. The average Bonchev–Trinajstić information content (AvgIpc) is 3.17. The van der Waals surface area contributed by atoms with Crippen LogP contribution in [-0.4, -0.2) is 50.4 Å². The van der Waals surface area contributed by atoms with Gasteiger partial charge in [-0.25, -0.2) is 8.42 Å². The minimum atomic E-state index is -3.51. The highest BCUT2D eigenvalue weighted by Crippen LogP contribution is 2.44. The van der Waals surface area contributed by atoms with E-state index in [9.17, 15) is 13.2 Å². The highest BCUT2D eigenvalue weighted by atomic mass is 32.2. The maximum Gasteiger partial charge on any atom is 0.241 e. The maximum absolute atomic E-state index is 13.1. The molecule has 0 N–H and O–H groups in total. The van der Waals surface area contributed by atoms with E-state index in [2.05, 4.69) is 11.4 Å². The standard InChI is InChI=1S/C21H25NO4S2/c1-28(24,25)18(15-16-5-3-2-4-6-16)20(23)22-11-9-21(10-12-22)19-17(7-13-26-21)8-14-27-19/h2-6,8,14,18H,7,9-13,15H2,1H3. The SMILES string of the molecule is CS(=O)(=O)C(Cc1ccccc1)C(=O)N1CCC2(CC1)OCCc1ccsc12. The fourth-order valence-electron chi connectivity index (χ4n) is 4.27. The van der Waals surface area contributed by atoms with Gasteiger partial charge in [-0.1, -0.05) is 30.3 Å². The lowest BCUT2D eigenvalue weighted by Crippen LogP contribution is -2.51. The number of piperidine rings is 1. The van der Waals surface area contributed by atoms with Gasteiger partial charge in [0.25, 0.3) is 0 Å². The third kappa shape index (κ3) is 3.75. The molecular formula is C21H25NO4S2. The first-order chi connectivity index (χ1) is 13.4. The first-order valence-electron chi connectivity index (χ1n) is 9.61. The zero-order chi connectivity index (χ0) is 19.8. The summed E-state index contributed by atoms with van der Waals surface area (Å²) >= 11 is 1.73. The Morgan fingerprint density at radius 1 is 1.21 bits per heavy atom. The molecule has 1 aromatic carbocycles. The molecule has 1 amide bonds. The maximum atomic E-state index is 13.1. The number of amides is 1. The van der Waals surface area contributed by atoms with Crippen LogP contribution in [0.2, 0.25) is 0 Å². The number of sulfone groups is 1. The molecule has 1 fully saturated rings. The van der Waals surface area contributed by atoms with Crippen LogP contribution >= 0.6 is 11.3 Å². The fraction of sp³-hybridized carbons (Fsp3) is 0.476. The van der Waals surface area contributed by atoms with Gasteiger partial charge < -0.3 is 9.64 Å². The molecule has 2 aliphatic heterocycles. The van der Waals surface area contributed by atoms with Crippen molar-refractivity contribution in [1.82, 2.24) is 4.90 Å². The van der Waals surface area contributed by atoms with Gasteiger partial charge in [-0.2, -0.15) is 0 Å². The molecule has 2 aromatic rings. The molecule has 1 spiro atoms. The van der Waals surface area contributed by atoms with Gasteiger partial charge in [0.1, 0.15) is 10.9 Å².